The fraction of sp³-hybridized carbons (Fsp3) is 0.524. The van der Waals surface area contributed by atoms with Crippen molar-refractivity contribution in [3.63, 3.8) is 0 Å². The summed E-state index contributed by atoms with van der Waals surface area (Å²) in [5, 5.41) is 7.47. The van der Waals surface area contributed by atoms with Crippen molar-refractivity contribution in [2.24, 2.45) is 4.99 Å². The third kappa shape index (κ3) is 5.57. The summed E-state index contributed by atoms with van der Waals surface area (Å²) < 4.78 is 4.93. The minimum atomic E-state index is 0.409. The highest BCUT2D eigenvalue weighted by Gasteiger charge is 2.20. The van der Waals surface area contributed by atoms with E-state index in [1.165, 1.54) is 11.1 Å². The van der Waals surface area contributed by atoms with Gasteiger partial charge in [-0.1, -0.05) is 41.9 Å². The molecule has 2 aromatic rings. The zero-order valence-corrected chi connectivity index (χ0v) is 16.7. The topological polar surface area (TPSA) is 56.9 Å². The van der Waals surface area contributed by atoms with E-state index in [2.05, 4.69) is 65.3 Å². The lowest BCUT2D eigenvalue weighted by molar-refractivity contribution is 0.169. The zero-order valence-electron chi connectivity index (χ0n) is 16.7. The van der Waals surface area contributed by atoms with Crippen molar-refractivity contribution in [1.82, 2.24) is 20.3 Å². The lowest BCUT2D eigenvalue weighted by Crippen LogP contribution is -2.52. The summed E-state index contributed by atoms with van der Waals surface area (Å²) in [6.45, 7) is 13.0. The average Bonchev–Trinajstić information content (AvgIpc) is 3.18. The Kier molecular flexibility index (Phi) is 6.87. The number of hydrogen-bond acceptors (Lipinski definition) is 4. The van der Waals surface area contributed by atoms with Crippen LogP contribution < -0.4 is 5.32 Å². The second-order valence-corrected chi connectivity index (χ2v) is 7.26. The van der Waals surface area contributed by atoms with Gasteiger partial charge >= 0.3 is 0 Å². The first-order chi connectivity index (χ1) is 13.2. The number of rotatable bonds is 6. The molecule has 6 heteroatoms. The van der Waals surface area contributed by atoms with Crippen LogP contribution in [0.5, 0.6) is 0 Å². The molecule has 27 heavy (non-hydrogen) atoms. The van der Waals surface area contributed by atoms with Gasteiger partial charge in [-0.3, -0.25) is 9.89 Å². The van der Waals surface area contributed by atoms with Crippen LogP contribution in [0.25, 0.3) is 0 Å². The Morgan fingerprint density at radius 2 is 2.07 bits per heavy atom. The van der Waals surface area contributed by atoms with Gasteiger partial charge in [-0.05, 0) is 19.4 Å². The fourth-order valence-electron chi connectivity index (χ4n) is 3.40. The first-order valence-corrected chi connectivity index (χ1v) is 9.87. The zero-order chi connectivity index (χ0) is 19.1. The maximum atomic E-state index is 4.93. The van der Waals surface area contributed by atoms with Crippen LogP contribution in [0.15, 0.2) is 46.1 Å². The summed E-state index contributed by atoms with van der Waals surface area (Å²) >= 11 is 0. The predicted octanol–water partition coefficient (Wildman–Crippen LogP) is 2.87. The molecule has 3 rings (SSSR count). The van der Waals surface area contributed by atoms with E-state index < -0.39 is 0 Å². The highest BCUT2D eigenvalue weighted by molar-refractivity contribution is 5.80. The Morgan fingerprint density at radius 1 is 1.26 bits per heavy atom. The van der Waals surface area contributed by atoms with Gasteiger partial charge in [0.05, 0.1) is 5.69 Å². The molecule has 1 aliphatic rings. The molecule has 0 amide bonds. The lowest BCUT2D eigenvalue weighted by atomic mass is 10.00. The van der Waals surface area contributed by atoms with Gasteiger partial charge in [0, 0.05) is 57.8 Å². The van der Waals surface area contributed by atoms with Crippen molar-refractivity contribution >= 4 is 5.96 Å². The molecule has 0 radical (unpaired) electrons. The molecule has 1 saturated heterocycles. The summed E-state index contributed by atoms with van der Waals surface area (Å²) in [6.07, 6.45) is 1.64. The van der Waals surface area contributed by atoms with Crippen LogP contribution in [-0.4, -0.2) is 60.2 Å². The van der Waals surface area contributed by atoms with E-state index in [4.69, 9.17) is 9.52 Å². The van der Waals surface area contributed by atoms with Crippen molar-refractivity contribution < 1.29 is 4.52 Å². The summed E-state index contributed by atoms with van der Waals surface area (Å²) in [7, 11) is 0. The second kappa shape index (κ2) is 9.55. The number of piperazine rings is 1. The number of nitrogens with one attached hydrogen (secondary N) is 1. The molecule has 0 spiro atoms. The van der Waals surface area contributed by atoms with Gasteiger partial charge in [-0.2, -0.15) is 0 Å². The Balaban J connectivity index is 1.56. The number of aliphatic imine (C=N–C) groups is 1. The van der Waals surface area contributed by atoms with Gasteiger partial charge in [0.2, 0.25) is 0 Å². The molecule has 1 N–H and O–H groups in total. The molecule has 6 nitrogen and oxygen atoms in total. The van der Waals surface area contributed by atoms with E-state index in [0.29, 0.717) is 5.92 Å². The number of guanidine groups is 1. The van der Waals surface area contributed by atoms with Gasteiger partial charge in [-0.15, -0.1) is 0 Å². The van der Waals surface area contributed by atoms with Crippen LogP contribution in [0.1, 0.15) is 36.6 Å². The molecule has 1 aromatic heterocycles. The first-order valence-electron chi connectivity index (χ1n) is 9.87. The number of hydrogen-bond donors (Lipinski definition) is 1. The van der Waals surface area contributed by atoms with Crippen molar-refractivity contribution in [2.45, 2.75) is 33.2 Å². The third-order valence-corrected chi connectivity index (χ3v) is 5.01. The van der Waals surface area contributed by atoms with E-state index in [1.807, 2.05) is 6.07 Å². The number of aryl methyl sites for hydroxylation is 1. The van der Waals surface area contributed by atoms with Gasteiger partial charge in [0.25, 0.3) is 0 Å². The molecule has 1 aromatic carbocycles. The van der Waals surface area contributed by atoms with Crippen LogP contribution in [0, 0.1) is 6.92 Å². The minimum Gasteiger partial charge on any atom is -0.364 e. The van der Waals surface area contributed by atoms with E-state index in [-0.39, 0.29) is 0 Å². The molecule has 0 aliphatic carbocycles. The standard InChI is InChI=1S/C21H31N5O/c1-4-22-21(23-15-18(3)19-7-5-6-17(2)14-19)26-11-9-25(10-12-26)16-20-8-13-27-24-20/h5-8,13-14,18H,4,9-12,15-16H2,1-3H3,(H,22,23). The maximum Gasteiger partial charge on any atom is 0.194 e. The van der Waals surface area contributed by atoms with E-state index >= 15 is 0 Å². The Morgan fingerprint density at radius 3 is 2.74 bits per heavy atom. The van der Waals surface area contributed by atoms with Crippen LogP contribution in [0.3, 0.4) is 0 Å². The maximum absolute atomic E-state index is 4.93. The predicted molar refractivity (Wildman–Crippen MR) is 109 cm³/mol. The van der Waals surface area contributed by atoms with Gasteiger partial charge in [0.1, 0.15) is 6.26 Å². The first kappa shape index (κ1) is 19.4. The van der Waals surface area contributed by atoms with E-state index in [9.17, 15) is 0 Å². The second-order valence-electron chi connectivity index (χ2n) is 7.26. The third-order valence-electron chi connectivity index (χ3n) is 5.01. The Hall–Kier alpha value is -2.34. The molecule has 2 heterocycles. The van der Waals surface area contributed by atoms with Gasteiger partial charge in [-0.25, -0.2) is 0 Å². The van der Waals surface area contributed by atoms with Crippen LogP contribution in [-0.2, 0) is 6.54 Å². The smallest absolute Gasteiger partial charge is 0.194 e. The van der Waals surface area contributed by atoms with Crippen molar-refractivity contribution in [3.8, 4) is 0 Å². The fourth-order valence-corrected chi connectivity index (χ4v) is 3.40. The average molecular weight is 370 g/mol. The lowest BCUT2D eigenvalue weighted by Gasteiger charge is -2.36. The van der Waals surface area contributed by atoms with Gasteiger partial charge < -0.3 is 14.7 Å². The molecule has 1 atom stereocenters. The number of benzene rings is 1. The molecular weight excluding hydrogens is 338 g/mol. The van der Waals surface area contributed by atoms with E-state index in [0.717, 1.165) is 57.5 Å². The molecule has 1 aliphatic heterocycles. The summed E-state index contributed by atoms with van der Waals surface area (Å²) in [5.74, 6) is 1.44. The van der Waals surface area contributed by atoms with Crippen molar-refractivity contribution in [2.75, 3.05) is 39.3 Å². The molecule has 146 valence electrons. The van der Waals surface area contributed by atoms with Crippen LogP contribution >= 0.6 is 0 Å². The van der Waals surface area contributed by atoms with Crippen LogP contribution in [0.4, 0.5) is 0 Å². The molecule has 1 fully saturated rings. The van der Waals surface area contributed by atoms with Gasteiger partial charge in [0.15, 0.2) is 5.96 Å². The Bertz CT molecular complexity index is 720. The number of aromatic nitrogens is 1. The molecule has 0 bridgehead atoms. The summed E-state index contributed by atoms with van der Waals surface area (Å²) in [5.41, 5.74) is 3.65. The monoisotopic (exact) mass is 369 g/mol. The largest absolute Gasteiger partial charge is 0.364 e. The van der Waals surface area contributed by atoms with E-state index in [1.54, 1.807) is 6.26 Å². The van der Waals surface area contributed by atoms with Crippen molar-refractivity contribution in [3.05, 3.63) is 53.4 Å². The number of nitrogens with zero attached hydrogens (tertiary/aromatic N) is 4. The normalized spacial score (nSPS) is 17.1. The molecule has 1 unspecified atom stereocenters. The molecule has 0 saturated carbocycles. The minimum absolute atomic E-state index is 0.409. The molecular formula is C21H31N5O. The highest BCUT2D eigenvalue weighted by Crippen LogP contribution is 2.17. The van der Waals surface area contributed by atoms with Crippen LogP contribution in [0.2, 0.25) is 0 Å². The quantitative estimate of drug-likeness (QED) is 0.627. The summed E-state index contributed by atoms with van der Waals surface area (Å²) in [6, 6.07) is 10.7. The highest BCUT2D eigenvalue weighted by atomic mass is 16.5. The SMILES string of the molecule is CCNC(=NCC(C)c1cccc(C)c1)N1CCN(Cc2ccon2)CC1. The Labute approximate surface area is 162 Å². The van der Waals surface area contributed by atoms with Crippen molar-refractivity contribution in [1.29, 1.82) is 0 Å². The summed E-state index contributed by atoms with van der Waals surface area (Å²) in [4.78, 5) is 9.71.